The fourth-order valence-corrected chi connectivity index (χ4v) is 3.08. The quantitative estimate of drug-likeness (QED) is 0.546. The summed E-state index contributed by atoms with van der Waals surface area (Å²) in [5.41, 5.74) is 0. The maximum atomic E-state index is 12.4. The molecule has 0 aromatic heterocycles. The summed E-state index contributed by atoms with van der Waals surface area (Å²) >= 11 is 0. The van der Waals surface area contributed by atoms with Crippen LogP contribution in [-0.4, -0.2) is 18.4 Å². The van der Waals surface area contributed by atoms with E-state index in [-0.39, 0.29) is 17.7 Å². The first-order chi connectivity index (χ1) is 9.01. The first-order valence-electron chi connectivity index (χ1n) is 7.71. The molecular weight excluding hydrogens is 240 g/mol. The Balaban J connectivity index is 2.55. The van der Waals surface area contributed by atoms with E-state index in [1.54, 1.807) is 6.92 Å². The number of ketones is 1. The van der Waals surface area contributed by atoms with Crippen LogP contribution in [-0.2, 0) is 14.3 Å². The molecule has 1 rings (SSSR count). The van der Waals surface area contributed by atoms with Crippen molar-refractivity contribution in [2.75, 3.05) is 6.61 Å². The molecule has 0 spiro atoms. The van der Waals surface area contributed by atoms with Crippen molar-refractivity contribution in [2.45, 2.75) is 59.8 Å². The topological polar surface area (TPSA) is 43.4 Å². The average Bonchev–Trinajstić information content (AvgIpc) is 2.39. The molecule has 19 heavy (non-hydrogen) atoms. The molecule has 0 saturated heterocycles. The van der Waals surface area contributed by atoms with Gasteiger partial charge in [-0.15, -0.1) is 0 Å². The summed E-state index contributed by atoms with van der Waals surface area (Å²) in [7, 11) is 0. The number of hydrogen-bond acceptors (Lipinski definition) is 3. The second-order valence-electron chi connectivity index (χ2n) is 5.97. The molecule has 1 unspecified atom stereocenters. The SMILES string of the molecule is CCOC(=O)C(CC)C(=O)C1CCC(C(C)C)CC1. The summed E-state index contributed by atoms with van der Waals surface area (Å²) < 4.78 is 5.01. The molecule has 1 aliphatic carbocycles. The van der Waals surface area contributed by atoms with E-state index < -0.39 is 5.92 Å². The van der Waals surface area contributed by atoms with Crippen LogP contribution in [0, 0.1) is 23.7 Å². The predicted molar refractivity (Wildman–Crippen MR) is 75.7 cm³/mol. The van der Waals surface area contributed by atoms with Gasteiger partial charge in [0.05, 0.1) is 6.61 Å². The lowest BCUT2D eigenvalue weighted by molar-refractivity contribution is -0.153. The monoisotopic (exact) mass is 268 g/mol. The molecule has 0 bridgehead atoms. The van der Waals surface area contributed by atoms with Crippen molar-refractivity contribution in [3.63, 3.8) is 0 Å². The second-order valence-corrected chi connectivity index (χ2v) is 5.97. The smallest absolute Gasteiger partial charge is 0.316 e. The zero-order valence-electron chi connectivity index (χ0n) is 12.8. The highest BCUT2D eigenvalue weighted by molar-refractivity contribution is 6.00. The minimum atomic E-state index is -0.541. The summed E-state index contributed by atoms with van der Waals surface area (Å²) in [6.07, 6.45) is 4.68. The maximum absolute atomic E-state index is 12.4. The van der Waals surface area contributed by atoms with E-state index in [4.69, 9.17) is 4.74 Å². The molecule has 110 valence electrons. The van der Waals surface area contributed by atoms with Crippen LogP contribution < -0.4 is 0 Å². The minimum absolute atomic E-state index is 0.0735. The third-order valence-corrected chi connectivity index (χ3v) is 4.44. The first-order valence-corrected chi connectivity index (χ1v) is 7.71. The fraction of sp³-hybridized carbons (Fsp3) is 0.875. The van der Waals surface area contributed by atoms with Gasteiger partial charge in [0.2, 0.25) is 0 Å². The Kier molecular flexibility index (Phi) is 6.53. The lowest BCUT2D eigenvalue weighted by atomic mass is 9.73. The molecule has 1 saturated carbocycles. The highest BCUT2D eigenvalue weighted by Gasteiger charge is 2.34. The van der Waals surface area contributed by atoms with E-state index in [0.717, 1.165) is 31.6 Å². The molecule has 1 aliphatic rings. The second kappa shape index (κ2) is 7.66. The summed E-state index contributed by atoms with van der Waals surface area (Å²) in [6.45, 7) is 8.52. The zero-order chi connectivity index (χ0) is 14.4. The molecule has 0 amide bonds. The van der Waals surface area contributed by atoms with Gasteiger partial charge in [-0.3, -0.25) is 9.59 Å². The van der Waals surface area contributed by atoms with Crippen molar-refractivity contribution >= 4 is 11.8 Å². The molecule has 0 aromatic carbocycles. The Hall–Kier alpha value is -0.860. The molecule has 3 nitrogen and oxygen atoms in total. The van der Waals surface area contributed by atoms with Gasteiger partial charge in [-0.05, 0) is 50.9 Å². The summed E-state index contributed by atoms with van der Waals surface area (Å²) in [5.74, 6) is 0.754. The van der Waals surface area contributed by atoms with E-state index in [0.29, 0.717) is 18.9 Å². The zero-order valence-corrected chi connectivity index (χ0v) is 12.8. The van der Waals surface area contributed by atoms with Gasteiger partial charge in [0.1, 0.15) is 11.7 Å². The number of Topliss-reactive ketones (excluding diaryl/α,β-unsaturated/α-hetero) is 1. The van der Waals surface area contributed by atoms with Crippen molar-refractivity contribution in [1.82, 2.24) is 0 Å². The fourth-order valence-electron chi connectivity index (χ4n) is 3.08. The Morgan fingerprint density at radius 1 is 1.11 bits per heavy atom. The number of hydrogen-bond donors (Lipinski definition) is 0. The van der Waals surface area contributed by atoms with Crippen molar-refractivity contribution in [3.05, 3.63) is 0 Å². The van der Waals surface area contributed by atoms with Gasteiger partial charge >= 0.3 is 5.97 Å². The highest BCUT2D eigenvalue weighted by atomic mass is 16.5. The molecule has 1 atom stereocenters. The van der Waals surface area contributed by atoms with E-state index in [1.807, 2.05) is 6.92 Å². The van der Waals surface area contributed by atoms with Gasteiger partial charge in [0.15, 0.2) is 0 Å². The normalized spacial score (nSPS) is 25.1. The van der Waals surface area contributed by atoms with Gasteiger partial charge in [0.25, 0.3) is 0 Å². The van der Waals surface area contributed by atoms with Crippen LogP contribution in [0.3, 0.4) is 0 Å². The molecule has 0 aliphatic heterocycles. The Morgan fingerprint density at radius 3 is 2.11 bits per heavy atom. The van der Waals surface area contributed by atoms with E-state index in [2.05, 4.69) is 13.8 Å². The first kappa shape index (κ1) is 16.2. The summed E-state index contributed by atoms with van der Waals surface area (Å²) in [5, 5.41) is 0. The van der Waals surface area contributed by atoms with Crippen LogP contribution in [0.25, 0.3) is 0 Å². The number of carbonyl (C=O) groups is 2. The maximum Gasteiger partial charge on any atom is 0.316 e. The lowest BCUT2D eigenvalue weighted by Crippen LogP contribution is -2.33. The van der Waals surface area contributed by atoms with Crippen LogP contribution >= 0.6 is 0 Å². The van der Waals surface area contributed by atoms with Crippen LogP contribution in [0.4, 0.5) is 0 Å². The highest BCUT2D eigenvalue weighted by Crippen LogP contribution is 2.35. The third kappa shape index (κ3) is 4.32. The largest absolute Gasteiger partial charge is 0.465 e. The third-order valence-electron chi connectivity index (χ3n) is 4.44. The molecular formula is C16H28O3. The molecule has 1 fully saturated rings. The average molecular weight is 268 g/mol. The Labute approximate surface area is 117 Å². The molecule has 0 radical (unpaired) electrons. The Bertz CT molecular complexity index is 301. The minimum Gasteiger partial charge on any atom is -0.465 e. The van der Waals surface area contributed by atoms with Crippen molar-refractivity contribution in [1.29, 1.82) is 0 Å². The summed E-state index contributed by atoms with van der Waals surface area (Å²) in [6, 6.07) is 0. The van der Waals surface area contributed by atoms with Crippen LogP contribution in [0.15, 0.2) is 0 Å². The van der Waals surface area contributed by atoms with Crippen molar-refractivity contribution in [3.8, 4) is 0 Å². The van der Waals surface area contributed by atoms with Gasteiger partial charge in [-0.2, -0.15) is 0 Å². The molecule has 3 heteroatoms. The van der Waals surface area contributed by atoms with Crippen molar-refractivity contribution in [2.24, 2.45) is 23.7 Å². The van der Waals surface area contributed by atoms with Crippen LogP contribution in [0.1, 0.15) is 59.8 Å². The molecule has 0 N–H and O–H groups in total. The number of carbonyl (C=O) groups excluding carboxylic acids is 2. The van der Waals surface area contributed by atoms with E-state index in [9.17, 15) is 9.59 Å². The summed E-state index contributed by atoms with van der Waals surface area (Å²) in [4.78, 5) is 24.2. The van der Waals surface area contributed by atoms with Crippen LogP contribution in [0.2, 0.25) is 0 Å². The van der Waals surface area contributed by atoms with Gasteiger partial charge in [-0.25, -0.2) is 0 Å². The van der Waals surface area contributed by atoms with Crippen molar-refractivity contribution < 1.29 is 14.3 Å². The molecule has 0 aromatic rings. The van der Waals surface area contributed by atoms with Gasteiger partial charge in [-0.1, -0.05) is 20.8 Å². The predicted octanol–water partition coefficient (Wildman–Crippen LogP) is 3.61. The number of ether oxygens (including phenoxy) is 1. The standard InChI is InChI=1S/C16H28O3/c1-5-14(16(18)19-6-2)15(17)13-9-7-12(8-10-13)11(3)4/h11-14H,5-10H2,1-4H3. The van der Waals surface area contributed by atoms with Crippen LogP contribution in [0.5, 0.6) is 0 Å². The number of rotatable bonds is 6. The van der Waals surface area contributed by atoms with Gasteiger partial charge in [0, 0.05) is 5.92 Å². The van der Waals surface area contributed by atoms with E-state index in [1.165, 1.54) is 0 Å². The van der Waals surface area contributed by atoms with E-state index >= 15 is 0 Å². The number of esters is 1. The molecule has 0 heterocycles. The Morgan fingerprint density at radius 2 is 1.68 bits per heavy atom. The van der Waals surface area contributed by atoms with Gasteiger partial charge < -0.3 is 4.74 Å². The lowest BCUT2D eigenvalue weighted by Gasteiger charge is -2.31.